The topological polar surface area (TPSA) is 69.4 Å². The van der Waals surface area contributed by atoms with Gasteiger partial charge in [0.1, 0.15) is 5.52 Å². The zero-order valence-electron chi connectivity index (χ0n) is 15.4. The number of Topliss-reactive ketones (excluding diaryl/α,β-unsaturated/α-hetero) is 1. The Bertz CT molecular complexity index is 1130. The molecule has 5 heteroatoms. The fraction of sp³-hybridized carbons (Fsp3) is 0.0417. The summed E-state index contributed by atoms with van der Waals surface area (Å²) in [6, 6.07) is 25.0. The molecule has 0 aliphatic heterocycles. The molecule has 0 radical (unpaired) electrons. The number of benzene rings is 3. The third kappa shape index (κ3) is 4.30. The van der Waals surface area contributed by atoms with Crippen LogP contribution in [0, 0.1) is 0 Å². The molecule has 0 N–H and O–H groups in total. The number of aromatic nitrogens is 1. The Labute approximate surface area is 167 Å². The van der Waals surface area contributed by atoms with Crippen LogP contribution >= 0.6 is 0 Å². The lowest BCUT2D eigenvalue weighted by atomic mass is 10.00. The van der Waals surface area contributed by atoms with Crippen molar-refractivity contribution in [3.8, 4) is 0 Å². The van der Waals surface area contributed by atoms with Crippen LogP contribution in [0.3, 0.4) is 0 Å². The van der Waals surface area contributed by atoms with Gasteiger partial charge in [0.15, 0.2) is 11.7 Å². The van der Waals surface area contributed by atoms with E-state index in [0.717, 1.165) is 0 Å². The Balaban J connectivity index is 1.55. The van der Waals surface area contributed by atoms with E-state index >= 15 is 0 Å². The minimum atomic E-state index is -1.04. The highest BCUT2D eigenvalue weighted by molar-refractivity contribution is 6.01. The van der Waals surface area contributed by atoms with E-state index in [4.69, 9.17) is 9.15 Å². The molecule has 142 valence electrons. The predicted octanol–water partition coefficient (Wildman–Crippen LogP) is 5.01. The summed E-state index contributed by atoms with van der Waals surface area (Å²) < 4.78 is 11.1. The smallest absolute Gasteiger partial charge is 0.332 e. The van der Waals surface area contributed by atoms with Crippen molar-refractivity contribution in [3.05, 3.63) is 108 Å². The summed E-state index contributed by atoms with van der Waals surface area (Å²) in [4.78, 5) is 29.6. The molecule has 1 aromatic heterocycles. The second-order valence-electron chi connectivity index (χ2n) is 6.31. The maximum atomic E-state index is 12.9. The highest BCUT2D eigenvalue weighted by Crippen LogP contribution is 2.23. The highest BCUT2D eigenvalue weighted by Gasteiger charge is 2.25. The SMILES string of the molecule is O=C(/C=C/c1nc2ccccc2o1)OC(C(=O)c1ccccc1)c1ccccc1. The number of rotatable bonds is 6. The number of para-hydroxylation sites is 2. The summed E-state index contributed by atoms with van der Waals surface area (Å²) in [6.07, 6.45) is 1.59. The first-order valence-electron chi connectivity index (χ1n) is 9.09. The normalized spacial score (nSPS) is 12.1. The summed E-state index contributed by atoms with van der Waals surface area (Å²) in [5.41, 5.74) is 2.39. The molecule has 1 atom stereocenters. The van der Waals surface area contributed by atoms with Crippen LogP contribution in [-0.2, 0) is 9.53 Å². The maximum Gasteiger partial charge on any atom is 0.332 e. The van der Waals surface area contributed by atoms with E-state index in [1.165, 1.54) is 12.2 Å². The fourth-order valence-corrected chi connectivity index (χ4v) is 2.91. The summed E-state index contributed by atoms with van der Waals surface area (Å²) in [5.74, 6) is -0.667. The highest BCUT2D eigenvalue weighted by atomic mass is 16.5. The van der Waals surface area contributed by atoms with Crippen LogP contribution < -0.4 is 0 Å². The minimum Gasteiger partial charge on any atom is -0.446 e. The molecular formula is C24H17NO4. The van der Waals surface area contributed by atoms with Crippen molar-refractivity contribution in [2.24, 2.45) is 0 Å². The van der Waals surface area contributed by atoms with Crippen molar-refractivity contribution in [2.45, 2.75) is 6.10 Å². The van der Waals surface area contributed by atoms with Crippen LogP contribution in [0.15, 0.2) is 95.4 Å². The minimum absolute atomic E-state index is 0.286. The predicted molar refractivity (Wildman–Crippen MR) is 109 cm³/mol. The number of oxazole rings is 1. The van der Waals surface area contributed by atoms with Crippen LogP contribution in [0.25, 0.3) is 17.2 Å². The second-order valence-corrected chi connectivity index (χ2v) is 6.31. The van der Waals surface area contributed by atoms with Gasteiger partial charge in [-0.2, -0.15) is 0 Å². The lowest BCUT2D eigenvalue weighted by Crippen LogP contribution is -2.19. The first kappa shape index (κ1) is 18.4. The van der Waals surface area contributed by atoms with Gasteiger partial charge in [-0.25, -0.2) is 9.78 Å². The van der Waals surface area contributed by atoms with Crippen LogP contribution in [0.2, 0.25) is 0 Å². The van der Waals surface area contributed by atoms with E-state index < -0.39 is 12.1 Å². The summed E-state index contributed by atoms with van der Waals surface area (Å²) >= 11 is 0. The van der Waals surface area contributed by atoms with Gasteiger partial charge < -0.3 is 9.15 Å². The van der Waals surface area contributed by atoms with Gasteiger partial charge in [-0.05, 0) is 12.1 Å². The average molecular weight is 383 g/mol. The Morgan fingerprint density at radius 3 is 2.24 bits per heavy atom. The standard InChI is InChI=1S/C24H17NO4/c26-22(16-15-21-25-19-13-7-8-14-20(19)28-21)29-24(18-11-5-2-6-12-18)23(27)17-9-3-1-4-10-17/h1-16,24H/b16-15+. The van der Waals surface area contributed by atoms with Crippen LogP contribution in [0.4, 0.5) is 0 Å². The third-order valence-electron chi connectivity index (χ3n) is 4.31. The van der Waals surface area contributed by atoms with Crippen molar-refractivity contribution in [1.29, 1.82) is 0 Å². The number of esters is 1. The van der Waals surface area contributed by atoms with E-state index in [9.17, 15) is 9.59 Å². The molecule has 0 saturated carbocycles. The molecule has 5 nitrogen and oxygen atoms in total. The molecule has 4 rings (SSSR count). The van der Waals surface area contributed by atoms with Gasteiger partial charge in [0.2, 0.25) is 11.7 Å². The Morgan fingerprint density at radius 1 is 0.862 bits per heavy atom. The summed E-state index contributed by atoms with van der Waals surface area (Å²) in [5, 5.41) is 0. The van der Waals surface area contributed by atoms with Gasteiger partial charge in [0.25, 0.3) is 0 Å². The second kappa shape index (κ2) is 8.35. The Kier molecular flexibility index (Phi) is 5.29. The van der Waals surface area contributed by atoms with Crippen molar-refractivity contribution in [1.82, 2.24) is 4.98 Å². The van der Waals surface area contributed by atoms with E-state index in [2.05, 4.69) is 4.98 Å². The number of carbonyl (C=O) groups is 2. The fourth-order valence-electron chi connectivity index (χ4n) is 2.91. The molecule has 0 saturated heterocycles. The van der Waals surface area contributed by atoms with Gasteiger partial charge in [-0.1, -0.05) is 72.8 Å². The monoisotopic (exact) mass is 383 g/mol. The summed E-state index contributed by atoms with van der Waals surface area (Å²) in [7, 11) is 0. The lowest BCUT2D eigenvalue weighted by Gasteiger charge is -2.16. The lowest BCUT2D eigenvalue weighted by molar-refractivity contribution is -0.141. The van der Waals surface area contributed by atoms with Crippen LogP contribution in [0.5, 0.6) is 0 Å². The molecule has 0 spiro atoms. The number of carbonyl (C=O) groups excluding carboxylic acids is 2. The molecule has 3 aromatic carbocycles. The molecule has 1 unspecified atom stereocenters. The molecule has 0 aliphatic carbocycles. The van der Waals surface area contributed by atoms with E-state index in [-0.39, 0.29) is 11.7 Å². The van der Waals surface area contributed by atoms with E-state index in [1.54, 1.807) is 54.6 Å². The number of fused-ring (bicyclic) bond motifs is 1. The number of hydrogen-bond donors (Lipinski definition) is 0. The van der Waals surface area contributed by atoms with Gasteiger partial charge in [-0.15, -0.1) is 0 Å². The maximum absolute atomic E-state index is 12.9. The number of nitrogens with zero attached hydrogens (tertiary/aromatic N) is 1. The molecular weight excluding hydrogens is 366 g/mol. The molecule has 1 heterocycles. The molecule has 4 aromatic rings. The van der Waals surface area contributed by atoms with Crippen molar-refractivity contribution < 1.29 is 18.7 Å². The first-order valence-corrected chi connectivity index (χ1v) is 9.09. The van der Waals surface area contributed by atoms with Crippen LogP contribution in [0.1, 0.15) is 27.9 Å². The van der Waals surface area contributed by atoms with E-state index in [0.29, 0.717) is 22.2 Å². The average Bonchev–Trinajstić information content (AvgIpc) is 3.20. The third-order valence-corrected chi connectivity index (χ3v) is 4.31. The molecule has 0 bridgehead atoms. The quantitative estimate of drug-likeness (QED) is 0.266. The van der Waals surface area contributed by atoms with Gasteiger partial charge in [-0.3, -0.25) is 4.79 Å². The summed E-state index contributed by atoms with van der Waals surface area (Å²) in [6.45, 7) is 0. The van der Waals surface area contributed by atoms with Gasteiger partial charge >= 0.3 is 5.97 Å². The van der Waals surface area contributed by atoms with Gasteiger partial charge in [0, 0.05) is 23.3 Å². The molecule has 0 fully saturated rings. The largest absolute Gasteiger partial charge is 0.446 e. The van der Waals surface area contributed by atoms with Crippen molar-refractivity contribution in [2.75, 3.05) is 0 Å². The number of ketones is 1. The molecule has 0 aliphatic rings. The van der Waals surface area contributed by atoms with Crippen molar-refractivity contribution >= 4 is 28.9 Å². The van der Waals surface area contributed by atoms with Crippen LogP contribution in [-0.4, -0.2) is 16.7 Å². The number of hydrogen-bond acceptors (Lipinski definition) is 5. The zero-order chi connectivity index (χ0) is 20.1. The van der Waals surface area contributed by atoms with E-state index in [1.807, 2.05) is 30.3 Å². The Hall–Kier alpha value is -3.99. The Morgan fingerprint density at radius 2 is 1.52 bits per heavy atom. The first-order chi connectivity index (χ1) is 14.2. The molecule has 0 amide bonds. The van der Waals surface area contributed by atoms with Crippen molar-refractivity contribution in [3.63, 3.8) is 0 Å². The zero-order valence-corrected chi connectivity index (χ0v) is 15.4. The molecule has 29 heavy (non-hydrogen) atoms. The van der Waals surface area contributed by atoms with Gasteiger partial charge in [0.05, 0.1) is 0 Å². The number of ether oxygens (including phenoxy) is 1.